The van der Waals surface area contributed by atoms with Gasteiger partial charge in [-0.1, -0.05) is 25.1 Å². The summed E-state index contributed by atoms with van der Waals surface area (Å²) in [5, 5.41) is 2.71. The lowest BCUT2D eigenvalue weighted by molar-refractivity contribution is -0.122. The van der Waals surface area contributed by atoms with Gasteiger partial charge in [0.1, 0.15) is 5.75 Å². The van der Waals surface area contributed by atoms with Crippen LogP contribution in [0, 0.1) is 0 Å². The molecule has 0 aromatic heterocycles. The fraction of sp³-hybridized carbons (Fsp3) is 0.316. The predicted octanol–water partition coefficient (Wildman–Crippen LogP) is 3.17. The fourth-order valence-corrected chi connectivity index (χ4v) is 3.46. The third-order valence-electron chi connectivity index (χ3n) is 3.83. The molecule has 2 aromatic carbocycles. The number of carbonyl (C=O) groups is 1. The van der Waals surface area contributed by atoms with Crippen molar-refractivity contribution in [2.24, 2.45) is 0 Å². The fourth-order valence-electron chi connectivity index (χ4n) is 2.13. The van der Waals surface area contributed by atoms with Crippen molar-refractivity contribution in [2.45, 2.75) is 44.2 Å². The topological polar surface area (TPSA) is 84.5 Å². The summed E-state index contributed by atoms with van der Waals surface area (Å²) in [6.45, 7) is 5.36. The summed E-state index contributed by atoms with van der Waals surface area (Å²) >= 11 is 0. The van der Waals surface area contributed by atoms with E-state index in [0.29, 0.717) is 17.9 Å². The number of sulfonamides is 1. The summed E-state index contributed by atoms with van der Waals surface area (Å²) in [6.07, 6.45) is 0.0139. The van der Waals surface area contributed by atoms with Crippen LogP contribution in [0.2, 0.25) is 0 Å². The molecular formula is C19H24N2O4S. The van der Waals surface area contributed by atoms with Crippen molar-refractivity contribution in [2.75, 3.05) is 5.32 Å². The molecule has 0 aliphatic rings. The van der Waals surface area contributed by atoms with Crippen LogP contribution in [0.4, 0.5) is 5.69 Å². The molecule has 0 aliphatic carbocycles. The van der Waals surface area contributed by atoms with Gasteiger partial charge >= 0.3 is 0 Å². The van der Waals surface area contributed by atoms with Crippen molar-refractivity contribution in [3.8, 4) is 5.75 Å². The van der Waals surface area contributed by atoms with Gasteiger partial charge in [-0.15, -0.1) is 0 Å². The highest BCUT2D eigenvalue weighted by Crippen LogP contribution is 2.16. The molecule has 6 nitrogen and oxygen atoms in total. The van der Waals surface area contributed by atoms with Crippen LogP contribution in [0.5, 0.6) is 5.75 Å². The van der Waals surface area contributed by atoms with Crippen molar-refractivity contribution < 1.29 is 17.9 Å². The minimum atomic E-state index is -3.56. The molecule has 0 radical (unpaired) electrons. The maximum Gasteiger partial charge on any atom is 0.265 e. The molecule has 2 aromatic rings. The van der Waals surface area contributed by atoms with E-state index in [1.807, 2.05) is 25.1 Å². The van der Waals surface area contributed by atoms with Gasteiger partial charge in [0.05, 0.1) is 4.90 Å². The average molecular weight is 376 g/mol. The first-order chi connectivity index (χ1) is 12.3. The standard InChI is InChI=1S/C19H24N2O4S/c1-4-14(2)21-26(23,24)18-12-10-16(11-13-18)20-19(22)15(3)25-17-8-6-5-7-9-17/h5-15,21H,4H2,1-3H3,(H,20,22). The van der Waals surface area contributed by atoms with Crippen molar-refractivity contribution in [1.29, 1.82) is 0 Å². The summed E-state index contributed by atoms with van der Waals surface area (Å²) in [4.78, 5) is 12.4. The first-order valence-corrected chi connectivity index (χ1v) is 9.95. The number of rotatable bonds is 8. The highest BCUT2D eigenvalue weighted by Gasteiger charge is 2.18. The minimum absolute atomic E-state index is 0.143. The summed E-state index contributed by atoms with van der Waals surface area (Å²) in [5.74, 6) is 0.287. The van der Waals surface area contributed by atoms with Crippen molar-refractivity contribution in [3.05, 3.63) is 54.6 Å². The molecule has 2 unspecified atom stereocenters. The zero-order chi connectivity index (χ0) is 19.2. The Balaban J connectivity index is 1.99. The van der Waals surface area contributed by atoms with E-state index in [0.717, 1.165) is 0 Å². The molecule has 0 fully saturated rings. The Morgan fingerprint density at radius 1 is 1.04 bits per heavy atom. The molecule has 1 amide bonds. The second-order valence-corrected chi connectivity index (χ2v) is 7.73. The van der Waals surface area contributed by atoms with Crippen LogP contribution in [0.25, 0.3) is 0 Å². The van der Waals surface area contributed by atoms with Crippen LogP contribution < -0.4 is 14.8 Å². The molecule has 140 valence electrons. The molecule has 2 rings (SSSR count). The number of hydrogen-bond donors (Lipinski definition) is 2. The first kappa shape index (κ1) is 19.9. The maximum atomic E-state index is 12.2. The van der Waals surface area contributed by atoms with Gasteiger partial charge < -0.3 is 10.1 Å². The number of anilines is 1. The molecule has 0 spiro atoms. The number of amides is 1. The molecule has 0 heterocycles. The quantitative estimate of drug-likeness (QED) is 0.741. The van der Waals surface area contributed by atoms with Gasteiger partial charge in [-0.2, -0.15) is 0 Å². The van der Waals surface area contributed by atoms with Crippen LogP contribution in [0.15, 0.2) is 59.5 Å². The highest BCUT2D eigenvalue weighted by molar-refractivity contribution is 7.89. The first-order valence-electron chi connectivity index (χ1n) is 8.46. The van der Waals surface area contributed by atoms with E-state index in [1.54, 1.807) is 38.1 Å². The van der Waals surface area contributed by atoms with Gasteiger partial charge in [-0.05, 0) is 56.7 Å². The lowest BCUT2D eigenvalue weighted by Gasteiger charge is -2.15. The third-order valence-corrected chi connectivity index (χ3v) is 5.43. The SMILES string of the molecule is CCC(C)NS(=O)(=O)c1ccc(NC(=O)C(C)Oc2ccccc2)cc1. The number of benzene rings is 2. The van der Waals surface area contributed by atoms with E-state index >= 15 is 0 Å². The van der Waals surface area contributed by atoms with Gasteiger partial charge in [0.2, 0.25) is 10.0 Å². The molecule has 2 atom stereocenters. The molecule has 0 bridgehead atoms. The molecular weight excluding hydrogens is 352 g/mol. The molecule has 2 N–H and O–H groups in total. The Morgan fingerprint density at radius 3 is 2.23 bits per heavy atom. The highest BCUT2D eigenvalue weighted by atomic mass is 32.2. The molecule has 26 heavy (non-hydrogen) atoms. The van der Waals surface area contributed by atoms with Crippen LogP contribution in [-0.4, -0.2) is 26.5 Å². The van der Waals surface area contributed by atoms with Crippen LogP contribution >= 0.6 is 0 Å². The Morgan fingerprint density at radius 2 is 1.65 bits per heavy atom. The summed E-state index contributed by atoms with van der Waals surface area (Å²) in [7, 11) is -3.56. The summed E-state index contributed by atoms with van der Waals surface area (Å²) in [5.41, 5.74) is 0.501. The van der Waals surface area contributed by atoms with Crippen molar-refractivity contribution >= 4 is 21.6 Å². The van der Waals surface area contributed by atoms with Crippen LogP contribution in [0.1, 0.15) is 27.2 Å². The second kappa shape index (κ2) is 8.82. The Kier molecular flexibility index (Phi) is 6.76. The summed E-state index contributed by atoms with van der Waals surface area (Å²) in [6, 6.07) is 14.9. The van der Waals surface area contributed by atoms with E-state index in [4.69, 9.17) is 4.74 Å². The lowest BCUT2D eigenvalue weighted by atomic mass is 10.3. The normalized spacial score (nSPS) is 13.7. The Hall–Kier alpha value is -2.38. The molecule has 7 heteroatoms. The van der Waals surface area contributed by atoms with E-state index < -0.39 is 16.1 Å². The van der Waals surface area contributed by atoms with Crippen molar-refractivity contribution in [3.63, 3.8) is 0 Å². The van der Waals surface area contributed by atoms with Gasteiger partial charge in [0.15, 0.2) is 6.10 Å². The van der Waals surface area contributed by atoms with Gasteiger partial charge in [-0.3, -0.25) is 4.79 Å². The monoisotopic (exact) mass is 376 g/mol. The number of carbonyl (C=O) groups excluding carboxylic acids is 1. The van der Waals surface area contributed by atoms with Gasteiger partial charge in [0, 0.05) is 11.7 Å². The number of para-hydroxylation sites is 1. The van der Waals surface area contributed by atoms with E-state index in [2.05, 4.69) is 10.0 Å². The summed E-state index contributed by atoms with van der Waals surface area (Å²) < 4.78 is 32.6. The number of hydrogen-bond acceptors (Lipinski definition) is 4. The average Bonchev–Trinajstić information content (AvgIpc) is 2.62. The second-order valence-electron chi connectivity index (χ2n) is 6.02. The number of ether oxygens (including phenoxy) is 1. The molecule has 0 saturated carbocycles. The lowest BCUT2D eigenvalue weighted by Crippen LogP contribution is -2.32. The number of nitrogens with one attached hydrogen (secondary N) is 2. The van der Waals surface area contributed by atoms with E-state index in [9.17, 15) is 13.2 Å². The zero-order valence-electron chi connectivity index (χ0n) is 15.1. The van der Waals surface area contributed by atoms with E-state index in [1.165, 1.54) is 12.1 Å². The van der Waals surface area contributed by atoms with Gasteiger partial charge in [0.25, 0.3) is 5.91 Å². The molecule has 0 saturated heterocycles. The van der Waals surface area contributed by atoms with Gasteiger partial charge in [-0.25, -0.2) is 13.1 Å². The smallest absolute Gasteiger partial charge is 0.265 e. The minimum Gasteiger partial charge on any atom is -0.481 e. The maximum absolute atomic E-state index is 12.2. The largest absolute Gasteiger partial charge is 0.481 e. The van der Waals surface area contributed by atoms with Crippen LogP contribution in [-0.2, 0) is 14.8 Å². The zero-order valence-corrected chi connectivity index (χ0v) is 15.9. The third kappa shape index (κ3) is 5.57. The van der Waals surface area contributed by atoms with Crippen molar-refractivity contribution in [1.82, 2.24) is 4.72 Å². The van der Waals surface area contributed by atoms with Crippen LogP contribution in [0.3, 0.4) is 0 Å². The predicted molar refractivity (Wildman–Crippen MR) is 102 cm³/mol. The molecule has 0 aliphatic heterocycles. The Labute approximate surface area is 154 Å². The Bertz CT molecular complexity index is 820. The van der Waals surface area contributed by atoms with E-state index in [-0.39, 0.29) is 16.8 Å².